The Labute approximate surface area is 148 Å². The highest BCUT2D eigenvalue weighted by molar-refractivity contribution is 6.33. The van der Waals surface area contributed by atoms with Gasteiger partial charge in [0.25, 0.3) is 0 Å². The molecule has 2 nitrogen and oxygen atoms in total. The highest BCUT2D eigenvalue weighted by atomic mass is 35.5. The fourth-order valence-corrected chi connectivity index (χ4v) is 3.16. The first-order chi connectivity index (χ1) is 11.3. The average molecular weight is 355 g/mol. The molecule has 2 rings (SSSR count). The Morgan fingerprint density at radius 1 is 0.913 bits per heavy atom. The fourth-order valence-electron chi connectivity index (χ4n) is 2.70. The summed E-state index contributed by atoms with van der Waals surface area (Å²) in [4.78, 5) is 0. The van der Waals surface area contributed by atoms with E-state index in [1.54, 1.807) is 7.11 Å². The third kappa shape index (κ3) is 5.19. The van der Waals surface area contributed by atoms with Gasteiger partial charge in [-0.05, 0) is 12.8 Å². The van der Waals surface area contributed by atoms with Crippen molar-refractivity contribution in [1.82, 2.24) is 0 Å². The molecule has 0 aromatic heterocycles. The van der Waals surface area contributed by atoms with Crippen molar-refractivity contribution in [3.63, 3.8) is 0 Å². The number of hydrogen-bond acceptors (Lipinski definition) is 2. The molecule has 0 unspecified atom stereocenters. The van der Waals surface area contributed by atoms with Crippen molar-refractivity contribution in [1.29, 1.82) is 0 Å². The monoisotopic (exact) mass is 354 g/mol. The first kappa shape index (κ1) is 18.2. The number of hydrogen-bond donors (Lipinski definition) is 0. The molecule has 0 N–H and O–H groups in total. The number of ether oxygens (including phenoxy) is 2. The second kappa shape index (κ2) is 9.89. The van der Waals surface area contributed by atoms with Crippen LogP contribution in [-0.2, 0) is 0 Å². The van der Waals surface area contributed by atoms with Gasteiger partial charge in [-0.2, -0.15) is 0 Å². The number of fused-ring (bicyclic) bond motifs is 1. The average Bonchev–Trinajstić information content (AvgIpc) is 2.57. The lowest BCUT2D eigenvalue weighted by atomic mass is 10.1. The van der Waals surface area contributed by atoms with E-state index in [0.717, 1.165) is 35.2 Å². The van der Waals surface area contributed by atoms with Crippen molar-refractivity contribution in [2.24, 2.45) is 0 Å². The lowest BCUT2D eigenvalue weighted by Crippen LogP contribution is -1.99. The minimum atomic E-state index is 0.585. The molecule has 0 saturated heterocycles. The second-order valence-corrected chi connectivity index (χ2v) is 6.38. The van der Waals surface area contributed by atoms with E-state index in [2.05, 4.69) is 0 Å². The van der Waals surface area contributed by atoms with Crippen LogP contribution >= 0.6 is 23.2 Å². The molecule has 0 aliphatic heterocycles. The summed E-state index contributed by atoms with van der Waals surface area (Å²) >= 11 is 12.0. The summed E-state index contributed by atoms with van der Waals surface area (Å²) in [7, 11) is 1.64. The van der Waals surface area contributed by atoms with E-state index in [0.29, 0.717) is 17.4 Å². The van der Waals surface area contributed by atoms with E-state index in [-0.39, 0.29) is 0 Å². The van der Waals surface area contributed by atoms with Crippen LogP contribution in [-0.4, -0.2) is 19.6 Å². The minimum absolute atomic E-state index is 0.585. The second-order valence-electron chi connectivity index (χ2n) is 5.59. The van der Waals surface area contributed by atoms with E-state index in [1.165, 1.54) is 25.7 Å². The molecule has 4 heteroatoms. The van der Waals surface area contributed by atoms with Crippen LogP contribution in [0.4, 0.5) is 0 Å². The van der Waals surface area contributed by atoms with E-state index >= 15 is 0 Å². The Morgan fingerprint density at radius 3 is 2.26 bits per heavy atom. The van der Waals surface area contributed by atoms with Gasteiger partial charge in [-0.1, -0.05) is 61.5 Å². The van der Waals surface area contributed by atoms with Gasteiger partial charge in [0.15, 0.2) is 0 Å². The van der Waals surface area contributed by atoms with Gasteiger partial charge in [0.05, 0.1) is 18.7 Å². The Hall–Kier alpha value is -1.12. The number of benzene rings is 2. The molecule has 0 aliphatic carbocycles. The molecule has 0 aliphatic rings. The molecule has 0 saturated carbocycles. The predicted octanol–water partition coefficient (Wildman–Crippen LogP) is 6.46. The summed E-state index contributed by atoms with van der Waals surface area (Å²) in [5.41, 5.74) is 0. The predicted molar refractivity (Wildman–Crippen MR) is 99.4 cm³/mol. The number of halogens is 2. The number of methoxy groups -OCH3 is 1. The van der Waals surface area contributed by atoms with E-state index < -0.39 is 0 Å². The summed E-state index contributed by atoms with van der Waals surface area (Å²) < 4.78 is 11.4. The van der Waals surface area contributed by atoms with Gasteiger partial charge >= 0.3 is 0 Å². The smallest absolute Gasteiger partial charge is 0.145 e. The molecule has 0 spiro atoms. The molecule has 23 heavy (non-hydrogen) atoms. The molecule has 2 aromatic rings. The molecule has 0 fully saturated rings. The maximum atomic E-state index is 6.30. The van der Waals surface area contributed by atoms with Crippen molar-refractivity contribution < 1.29 is 9.47 Å². The maximum Gasteiger partial charge on any atom is 0.145 e. The molecular formula is C19H24Cl2O2. The third-order valence-electron chi connectivity index (χ3n) is 3.90. The lowest BCUT2D eigenvalue weighted by Gasteiger charge is -2.13. The molecule has 0 atom stereocenters. The SMILES string of the molecule is COc1c(Cl)cc(OCCCCCCCCCl)c2ccccc12. The Kier molecular flexibility index (Phi) is 7.84. The summed E-state index contributed by atoms with van der Waals surface area (Å²) in [6, 6.07) is 9.87. The highest BCUT2D eigenvalue weighted by Crippen LogP contribution is 2.39. The van der Waals surface area contributed by atoms with Crippen molar-refractivity contribution in [3.05, 3.63) is 35.4 Å². The zero-order valence-corrected chi connectivity index (χ0v) is 15.1. The van der Waals surface area contributed by atoms with Gasteiger partial charge in [0, 0.05) is 22.7 Å². The summed E-state index contributed by atoms with van der Waals surface area (Å²) in [6.07, 6.45) is 7.08. The van der Waals surface area contributed by atoms with Crippen LogP contribution in [0.3, 0.4) is 0 Å². The molecule has 0 radical (unpaired) electrons. The maximum absolute atomic E-state index is 6.30. The van der Waals surface area contributed by atoms with E-state index in [9.17, 15) is 0 Å². The van der Waals surface area contributed by atoms with Crippen molar-refractivity contribution in [2.45, 2.75) is 38.5 Å². The minimum Gasteiger partial charge on any atom is -0.495 e. The van der Waals surface area contributed by atoms with Crippen LogP contribution in [0.1, 0.15) is 38.5 Å². The van der Waals surface area contributed by atoms with Crippen LogP contribution in [0.15, 0.2) is 30.3 Å². The topological polar surface area (TPSA) is 18.5 Å². The number of unbranched alkanes of at least 4 members (excludes halogenated alkanes) is 5. The Balaban J connectivity index is 1.91. The molecule has 0 bridgehead atoms. The first-order valence-corrected chi connectivity index (χ1v) is 9.13. The molecular weight excluding hydrogens is 331 g/mol. The Bertz CT molecular complexity index is 614. The molecule has 0 heterocycles. The van der Waals surface area contributed by atoms with E-state index in [1.807, 2.05) is 30.3 Å². The molecule has 126 valence electrons. The molecule has 2 aromatic carbocycles. The van der Waals surface area contributed by atoms with Gasteiger partial charge in [0.2, 0.25) is 0 Å². The van der Waals surface area contributed by atoms with Crippen molar-refractivity contribution in [2.75, 3.05) is 19.6 Å². The summed E-state index contributed by atoms with van der Waals surface area (Å²) in [5, 5.41) is 2.61. The lowest BCUT2D eigenvalue weighted by molar-refractivity contribution is 0.307. The number of alkyl halides is 1. The largest absolute Gasteiger partial charge is 0.495 e. The zero-order valence-electron chi connectivity index (χ0n) is 13.6. The quantitative estimate of drug-likeness (QED) is 0.360. The van der Waals surface area contributed by atoms with Gasteiger partial charge in [0.1, 0.15) is 11.5 Å². The van der Waals surface area contributed by atoms with Gasteiger partial charge < -0.3 is 9.47 Å². The first-order valence-electron chi connectivity index (χ1n) is 8.22. The van der Waals surface area contributed by atoms with Crippen molar-refractivity contribution >= 4 is 34.0 Å². The molecule has 0 amide bonds. The van der Waals surface area contributed by atoms with Gasteiger partial charge in [-0.15, -0.1) is 11.6 Å². The summed E-state index contributed by atoms with van der Waals surface area (Å²) in [5.74, 6) is 2.30. The van der Waals surface area contributed by atoms with E-state index in [4.69, 9.17) is 32.7 Å². The van der Waals surface area contributed by atoms with Gasteiger partial charge in [-0.25, -0.2) is 0 Å². The third-order valence-corrected chi connectivity index (χ3v) is 4.45. The summed E-state index contributed by atoms with van der Waals surface area (Å²) in [6.45, 7) is 0.710. The van der Waals surface area contributed by atoms with Gasteiger partial charge in [-0.3, -0.25) is 0 Å². The van der Waals surface area contributed by atoms with Crippen LogP contribution in [0, 0.1) is 0 Å². The van der Waals surface area contributed by atoms with Crippen LogP contribution in [0.2, 0.25) is 5.02 Å². The normalized spacial score (nSPS) is 10.9. The zero-order chi connectivity index (χ0) is 16.5. The fraction of sp³-hybridized carbons (Fsp3) is 0.474. The highest BCUT2D eigenvalue weighted by Gasteiger charge is 2.11. The van der Waals surface area contributed by atoms with Crippen molar-refractivity contribution in [3.8, 4) is 11.5 Å². The standard InChI is InChI=1S/C19H24Cl2O2/c1-22-19-16-11-7-6-10-15(16)18(14-17(19)21)23-13-9-5-3-2-4-8-12-20/h6-7,10-11,14H,2-5,8-9,12-13H2,1H3. The Morgan fingerprint density at radius 2 is 1.57 bits per heavy atom. The number of rotatable bonds is 10. The van der Waals surface area contributed by atoms with Crippen LogP contribution < -0.4 is 9.47 Å². The van der Waals surface area contributed by atoms with Crippen LogP contribution in [0.5, 0.6) is 11.5 Å². The van der Waals surface area contributed by atoms with Crippen LogP contribution in [0.25, 0.3) is 10.8 Å².